The Morgan fingerprint density at radius 3 is 2.24 bits per heavy atom. The van der Waals surface area contributed by atoms with Crippen LogP contribution in [0.1, 0.15) is 0 Å². The third kappa shape index (κ3) is 4.16. The number of carbonyl (C=O) groups excluding carboxylic acids is 1. The molecule has 0 aliphatic heterocycles. The number of amides is 1. The zero-order chi connectivity index (χ0) is 20.1. The number of aromatic nitrogens is 2. The number of carbonyl (C=O) groups is 1. The lowest BCUT2D eigenvalue weighted by molar-refractivity contribution is -0.120. The Bertz CT molecular complexity index is 1090. The van der Waals surface area contributed by atoms with Crippen LogP contribution in [-0.2, 0) is 4.79 Å². The fourth-order valence-corrected chi connectivity index (χ4v) is 2.83. The van der Waals surface area contributed by atoms with E-state index >= 15 is 0 Å². The summed E-state index contributed by atoms with van der Waals surface area (Å²) in [4.78, 5) is 14.1. The first-order valence-corrected chi connectivity index (χ1v) is 9.15. The average Bonchev–Trinajstić information content (AvgIpc) is 3.28. The highest BCUT2D eigenvalue weighted by Gasteiger charge is 2.17. The van der Waals surface area contributed by atoms with Crippen molar-refractivity contribution < 1.29 is 13.9 Å². The van der Waals surface area contributed by atoms with Crippen LogP contribution in [0.3, 0.4) is 0 Å². The Kier molecular flexibility index (Phi) is 5.33. The Labute approximate surface area is 168 Å². The van der Waals surface area contributed by atoms with E-state index in [4.69, 9.17) is 9.15 Å². The minimum atomic E-state index is -0.165. The molecule has 6 nitrogen and oxygen atoms in total. The van der Waals surface area contributed by atoms with E-state index in [-0.39, 0.29) is 12.5 Å². The van der Waals surface area contributed by atoms with Gasteiger partial charge in [0.05, 0.1) is 5.56 Å². The van der Waals surface area contributed by atoms with E-state index in [1.807, 2.05) is 78.9 Å². The molecular weight excluding hydrogens is 366 g/mol. The van der Waals surface area contributed by atoms with E-state index in [1.54, 1.807) is 18.0 Å². The van der Waals surface area contributed by atoms with Crippen LogP contribution < -0.4 is 9.64 Å². The zero-order valence-corrected chi connectivity index (χ0v) is 15.9. The van der Waals surface area contributed by atoms with Crippen LogP contribution in [0.25, 0.3) is 22.9 Å². The van der Waals surface area contributed by atoms with Gasteiger partial charge in [-0.3, -0.25) is 4.79 Å². The number of benzene rings is 3. The van der Waals surface area contributed by atoms with E-state index < -0.39 is 0 Å². The van der Waals surface area contributed by atoms with Gasteiger partial charge in [-0.15, -0.1) is 10.2 Å². The number of anilines is 1. The molecular formula is C23H19N3O3. The molecule has 4 rings (SSSR count). The second kappa shape index (κ2) is 8.39. The first-order chi connectivity index (χ1) is 14.2. The second-order valence-electron chi connectivity index (χ2n) is 6.35. The van der Waals surface area contributed by atoms with Crippen molar-refractivity contribution >= 4 is 11.6 Å². The van der Waals surface area contributed by atoms with Gasteiger partial charge in [0.2, 0.25) is 5.89 Å². The average molecular weight is 385 g/mol. The number of hydrogen-bond acceptors (Lipinski definition) is 5. The highest BCUT2D eigenvalue weighted by Crippen LogP contribution is 2.31. The fraction of sp³-hybridized carbons (Fsp3) is 0.0870. The highest BCUT2D eigenvalue weighted by atomic mass is 16.5. The van der Waals surface area contributed by atoms with Crippen LogP contribution in [0.2, 0.25) is 0 Å². The van der Waals surface area contributed by atoms with Gasteiger partial charge >= 0.3 is 0 Å². The summed E-state index contributed by atoms with van der Waals surface area (Å²) in [5, 5.41) is 8.26. The van der Waals surface area contributed by atoms with Crippen molar-refractivity contribution in [3.05, 3.63) is 84.9 Å². The predicted molar refractivity (Wildman–Crippen MR) is 111 cm³/mol. The molecule has 0 spiro atoms. The molecule has 0 N–H and O–H groups in total. The number of para-hydroxylation sites is 2. The van der Waals surface area contributed by atoms with Gasteiger partial charge < -0.3 is 14.1 Å². The number of rotatable bonds is 6. The fourth-order valence-electron chi connectivity index (χ4n) is 2.83. The van der Waals surface area contributed by atoms with Crippen LogP contribution >= 0.6 is 0 Å². The largest absolute Gasteiger partial charge is 0.483 e. The molecule has 144 valence electrons. The van der Waals surface area contributed by atoms with Gasteiger partial charge in [-0.05, 0) is 36.4 Å². The molecule has 0 atom stereocenters. The lowest BCUT2D eigenvalue weighted by atomic mass is 10.2. The number of hydrogen-bond donors (Lipinski definition) is 0. The van der Waals surface area contributed by atoms with Gasteiger partial charge in [-0.1, -0.05) is 48.5 Å². The van der Waals surface area contributed by atoms with Crippen LogP contribution in [-0.4, -0.2) is 29.8 Å². The summed E-state index contributed by atoms with van der Waals surface area (Å²) in [6.07, 6.45) is 0. The SMILES string of the molecule is CN(C(=O)COc1ccccc1-c1nnc(-c2ccccc2)o1)c1ccccc1. The topological polar surface area (TPSA) is 68.5 Å². The molecule has 1 heterocycles. The summed E-state index contributed by atoms with van der Waals surface area (Å²) in [6, 6.07) is 26.2. The Hall–Kier alpha value is -3.93. The number of likely N-dealkylation sites (N-methyl/N-ethyl adjacent to an activating group) is 1. The Morgan fingerprint density at radius 2 is 1.48 bits per heavy atom. The Balaban J connectivity index is 1.51. The van der Waals surface area contributed by atoms with Crippen LogP contribution in [0.5, 0.6) is 5.75 Å². The predicted octanol–water partition coefficient (Wildman–Crippen LogP) is 4.45. The van der Waals surface area contributed by atoms with Gasteiger partial charge in [0.25, 0.3) is 11.8 Å². The maximum absolute atomic E-state index is 12.5. The standard InChI is InChI=1S/C23H19N3O3/c1-26(18-12-6-3-7-13-18)21(27)16-28-20-15-9-8-14-19(20)23-25-24-22(29-23)17-10-4-2-5-11-17/h2-15H,16H2,1H3. The highest BCUT2D eigenvalue weighted by molar-refractivity contribution is 5.93. The van der Waals surface area contributed by atoms with Crippen molar-refractivity contribution in [1.29, 1.82) is 0 Å². The van der Waals surface area contributed by atoms with Gasteiger partial charge in [-0.2, -0.15) is 0 Å². The van der Waals surface area contributed by atoms with Crippen LogP contribution in [0.15, 0.2) is 89.3 Å². The zero-order valence-electron chi connectivity index (χ0n) is 15.9. The summed E-state index contributed by atoms with van der Waals surface area (Å²) >= 11 is 0. The molecule has 0 fully saturated rings. The van der Waals surface area contributed by atoms with Crippen molar-refractivity contribution in [1.82, 2.24) is 10.2 Å². The molecule has 0 saturated heterocycles. The molecule has 0 aliphatic carbocycles. The van der Waals surface area contributed by atoms with E-state index in [9.17, 15) is 4.79 Å². The molecule has 3 aromatic carbocycles. The molecule has 0 unspecified atom stereocenters. The van der Waals surface area contributed by atoms with E-state index in [1.165, 1.54) is 0 Å². The minimum absolute atomic E-state index is 0.109. The first kappa shape index (κ1) is 18.4. The summed E-state index contributed by atoms with van der Waals surface area (Å²) in [5.41, 5.74) is 2.28. The van der Waals surface area contributed by atoms with Gasteiger partial charge in [0.1, 0.15) is 5.75 Å². The molecule has 0 saturated carbocycles. The molecule has 6 heteroatoms. The maximum Gasteiger partial charge on any atom is 0.264 e. The van der Waals surface area contributed by atoms with Crippen molar-refractivity contribution in [2.75, 3.05) is 18.6 Å². The second-order valence-corrected chi connectivity index (χ2v) is 6.35. The van der Waals surface area contributed by atoms with Crippen molar-refractivity contribution in [3.63, 3.8) is 0 Å². The van der Waals surface area contributed by atoms with Gasteiger partial charge in [0, 0.05) is 18.3 Å². The molecule has 0 radical (unpaired) electrons. The quantitative estimate of drug-likeness (QED) is 0.491. The summed E-state index contributed by atoms with van der Waals surface area (Å²) in [6.45, 7) is -0.109. The lowest BCUT2D eigenvalue weighted by Gasteiger charge is -2.18. The summed E-state index contributed by atoms with van der Waals surface area (Å²) in [5.74, 6) is 1.10. The number of nitrogens with zero attached hydrogens (tertiary/aromatic N) is 3. The maximum atomic E-state index is 12.5. The van der Waals surface area contributed by atoms with E-state index in [2.05, 4.69) is 10.2 Å². The molecule has 0 aliphatic rings. The van der Waals surface area contributed by atoms with Gasteiger partial charge in [-0.25, -0.2) is 0 Å². The van der Waals surface area contributed by atoms with Gasteiger partial charge in [0.15, 0.2) is 6.61 Å². The van der Waals surface area contributed by atoms with Crippen molar-refractivity contribution in [2.24, 2.45) is 0 Å². The van der Waals surface area contributed by atoms with E-state index in [0.29, 0.717) is 23.1 Å². The third-order valence-corrected chi connectivity index (χ3v) is 4.43. The van der Waals surface area contributed by atoms with Crippen molar-refractivity contribution in [2.45, 2.75) is 0 Å². The smallest absolute Gasteiger partial charge is 0.264 e. The molecule has 29 heavy (non-hydrogen) atoms. The first-order valence-electron chi connectivity index (χ1n) is 9.15. The lowest BCUT2D eigenvalue weighted by Crippen LogP contribution is -2.31. The monoisotopic (exact) mass is 385 g/mol. The summed E-state index contributed by atoms with van der Waals surface area (Å²) < 4.78 is 11.6. The molecule has 0 bridgehead atoms. The third-order valence-electron chi connectivity index (χ3n) is 4.43. The summed E-state index contributed by atoms with van der Waals surface area (Å²) in [7, 11) is 1.72. The molecule has 4 aromatic rings. The molecule has 1 amide bonds. The molecule has 1 aromatic heterocycles. The minimum Gasteiger partial charge on any atom is -0.483 e. The number of ether oxygens (including phenoxy) is 1. The van der Waals surface area contributed by atoms with Crippen LogP contribution in [0, 0.1) is 0 Å². The van der Waals surface area contributed by atoms with Crippen molar-refractivity contribution in [3.8, 4) is 28.7 Å². The normalized spacial score (nSPS) is 10.5. The Morgan fingerprint density at radius 1 is 0.862 bits per heavy atom. The van der Waals surface area contributed by atoms with E-state index in [0.717, 1.165) is 11.3 Å². The van der Waals surface area contributed by atoms with Crippen LogP contribution in [0.4, 0.5) is 5.69 Å².